The molecule has 148 valence electrons. The lowest BCUT2D eigenvalue weighted by Gasteiger charge is -2.21. The lowest BCUT2D eigenvalue weighted by atomic mass is 9.95. The summed E-state index contributed by atoms with van der Waals surface area (Å²) >= 11 is 1.26. The van der Waals surface area contributed by atoms with Crippen LogP contribution in [0, 0.1) is 5.41 Å². The zero-order chi connectivity index (χ0) is 20.4. The molecule has 0 atom stereocenters. The Morgan fingerprint density at radius 2 is 1.97 bits per heavy atom. The summed E-state index contributed by atoms with van der Waals surface area (Å²) in [5, 5.41) is 17.8. The number of thiazole rings is 1. The molecule has 1 amide bonds. The number of benzene rings is 2. The van der Waals surface area contributed by atoms with Crippen LogP contribution in [0.5, 0.6) is 0 Å². The van der Waals surface area contributed by atoms with Crippen molar-refractivity contribution in [3.8, 4) is 21.8 Å². The molecule has 29 heavy (non-hydrogen) atoms. The van der Waals surface area contributed by atoms with E-state index in [1.165, 1.54) is 11.3 Å². The number of fused-ring (bicyclic) bond motifs is 1. The topological polar surface area (TPSA) is 88.2 Å². The molecular formula is C22H21N3O3S. The average Bonchev–Trinajstić information content (AvgIpc) is 3.39. The largest absolute Gasteiger partial charge is 0.396 e. The number of hydrogen-bond acceptors (Lipinski definition) is 6. The maximum absolute atomic E-state index is 12.4. The van der Waals surface area contributed by atoms with Crippen molar-refractivity contribution >= 4 is 28.2 Å². The van der Waals surface area contributed by atoms with Crippen molar-refractivity contribution in [2.75, 3.05) is 13.2 Å². The summed E-state index contributed by atoms with van der Waals surface area (Å²) in [6.07, 6.45) is 1.54. The van der Waals surface area contributed by atoms with Gasteiger partial charge in [0.25, 0.3) is 5.91 Å². The second-order valence-electron chi connectivity index (χ2n) is 7.64. The molecule has 4 aromatic rings. The number of aliphatic hydroxyl groups excluding tert-OH is 1. The maximum Gasteiger partial charge on any atom is 0.263 e. The first-order valence-electron chi connectivity index (χ1n) is 9.27. The third-order valence-electron chi connectivity index (χ3n) is 4.67. The fourth-order valence-electron chi connectivity index (χ4n) is 2.85. The van der Waals surface area contributed by atoms with E-state index in [0.29, 0.717) is 27.7 Å². The number of hydrogen-bond donors (Lipinski definition) is 2. The Labute approximate surface area is 172 Å². The maximum atomic E-state index is 12.4. The molecule has 2 aromatic carbocycles. The van der Waals surface area contributed by atoms with Crippen molar-refractivity contribution in [3.05, 3.63) is 59.6 Å². The summed E-state index contributed by atoms with van der Waals surface area (Å²) in [7, 11) is 0. The van der Waals surface area contributed by atoms with Crippen molar-refractivity contribution in [3.63, 3.8) is 0 Å². The first kappa shape index (κ1) is 19.3. The van der Waals surface area contributed by atoms with Crippen molar-refractivity contribution < 1.29 is 14.4 Å². The van der Waals surface area contributed by atoms with Gasteiger partial charge in [-0.05, 0) is 23.3 Å². The van der Waals surface area contributed by atoms with Crippen LogP contribution in [-0.4, -0.2) is 34.3 Å². The average molecular weight is 407 g/mol. The minimum atomic E-state index is -0.373. The lowest BCUT2D eigenvalue weighted by Crippen LogP contribution is -2.35. The summed E-state index contributed by atoms with van der Waals surface area (Å²) in [5.41, 5.74) is 3.08. The van der Waals surface area contributed by atoms with Gasteiger partial charge in [-0.2, -0.15) is 0 Å². The van der Waals surface area contributed by atoms with E-state index in [4.69, 9.17) is 4.52 Å². The van der Waals surface area contributed by atoms with Gasteiger partial charge in [0.15, 0.2) is 5.58 Å². The number of aliphatic hydroxyl groups is 1. The van der Waals surface area contributed by atoms with Crippen molar-refractivity contribution in [2.45, 2.75) is 13.8 Å². The third kappa shape index (κ3) is 4.06. The summed E-state index contributed by atoms with van der Waals surface area (Å²) in [6.45, 7) is 4.15. The van der Waals surface area contributed by atoms with Crippen LogP contribution >= 0.6 is 11.3 Å². The van der Waals surface area contributed by atoms with E-state index in [1.807, 2.05) is 62.4 Å². The van der Waals surface area contributed by atoms with E-state index in [2.05, 4.69) is 15.5 Å². The van der Waals surface area contributed by atoms with Crippen LogP contribution in [0.15, 0.2) is 59.3 Å². The minimum absolute atomic E-state index is 0.00286. The SMILES string of the molecule is CC(C)(CO)CNC(=O)c1cnc(-c2noc3cc(-c4ccccc4)ccc23)s1. The molecule has 2 N–H and O–H groups in total. The van der Waals surface area contributed by atoms with Gasteiger partial charge in [0.2, 0.25) is 0 Å². The van der Waals surface area contributed by atoms with Gasteiger partial charge in [0.05, 0.1) is 11.6 Å². The molecule has 0 aliphatic rings. The Bertz CT molecular complexity index is 1150. The summed E-state index contributed by atoms with van der Waals surface area (Å²) < 4.78 is 5.53. The van der Waals surface area contributed by atoms with E-state index in [9.17, 15) is 9.90 Å². The van der Waals surface area contributed by atoms with Gasteiger partial charge in [-0.15, -0.1) is 11.3 Å². The molecule has 0 saturated heterocycles. The third-order valence-corrected chi connectivity index (χ3v) is 5.67. The molecule has 6 nitrogen and oxygen atoms in total. The van der Waals surface area contributed by atoms with Crippen LogP contribution in [0.4, 0.5) is 0 Å². The molecule has 0 fully saturated rings. The highest BCUT2D eigenvalue weighted by molar-refractivity contribution is 7.17. The monoisotopic (exact) mass is 407 g/mol. The highest BCUT2D eigenvalue weighted by atomic mass is 32.1. The number of nitrogens with zero attached hydrogens (tertiary/aromatic N) is 2. The molecule has 2 heterocycles. The molecular weight excluding hydrogens is 386 g/mol. The zero-order valence-electron chi connectivity index (χ0n) is 16.2. The van der Waals surface area contributed by atoms with Crippen LogP contribution in [0.1, 0.15) is 23.5 Å². The highest BCUT2D eigenvalue weighted by Crippen LogP contribution is 2.33. The number of aromatic nitrogens is 2. The second-order valence-corrected chi connectivity index (χ2v) is 8.67. The number of carbonyl (C=O) groups is 1. The molecule has 7 heteroatoms. The fraction of sp³-hybridized carbons (Fsp3) is 0.227. The van der Waals surface area contributed by atoms with Gasteiger partial charge in [0, 0.05) is 18.6 Å². The van der Waals surface area contributed by atoms with E-state index in [1.54, 1.807) is 6.20 Å². The molecule has 0 spiro atoms. The second kappa shape index (κ2) is 7.77. The Morgan fingerprint density at radius 3 is 2.72 bits per heavy atom. The predicted molar refractivity (Wildman–Crippen MR) is 114 cm³/mol. The van der Waals surface area contributed by atoms with Gasteiger partial charge in [0.1, 0.15) is 15.6 Å². The Hall–Kier alpha value is -3.03. The van der Waals surface area contributed by atoms with Gasteiger partial charge >= 0.3 is 0 Å². The molecule has 0 bridgehead atoms. The van der Waals surface area contributed by atoms with Crippen LogP contribution in [0.2, 0.25) is 0 Å². The molecule has 2 aromatic heterocycles. The number of rotatable bonds is 6. The predicted octanol–water partition coefficient (Wildman–Crippen LogP) is 4.37. The van der Waals surface area contributed by atoms with E-state index < -0.39 is 0 Å². The zero-order valence-corrected chi connectivity index (χ0v) is 17.0. The molecule has 4 rings (SSSR count). The normalized spacial score (nSPS) is 11.7. The van der Waals surface area contributed by atoms with Gasteiger partial charge < -0.3 is 14.9 Å². The van der Waals surface area contributed by atoms with Crippen LogP contribution < -0.4 is 5.32 Å². The smallest absolute Gasteiger partial charge is 0.263 e. The number of nitrogens with one attached hydrogen (secondary N) is 1. The first-order chi connectivity index (χ1) is 14.0. The first-order valence-corrected chi connectivity index (χ1v) is 10.1. The Morgan fingerprint density at radius 1 is 1.17 bits per heavy atom. The van der Waals surface area contributed by atoms with E-state index >= 15 is 0 Å². The highest BCUT2D eigenvalue weighted by Gasteiger charge is 2.20. The quantitative estimate of drug-likeness (QED) is 0.496. The van der Waals surface area contributed by atoms with E-state index in [0.717, 1.165) is 16.5 Å². The van der Waals surface area contributed by atoms with E-state index in [-0.39, 0.29) is 17.9 Å². The van der Waals surface area contributed by atoms with Crippen molar-refractivity contribution in [2.24, 2.45) is 5.41 Å². The van der Waals surface area contributed by atoms with Crippen LogP contribution in [0.25, 0.3) is 32.8 Å². The van der Waals surface area contributed by atoms with Crippen LogP contribution in [0.3, 0.4) is 0 Å². The summed E-state index contributed by atoms with van der Waals surface area (Å²) in [6, 6.07) is 16.0. The van der Waals surface area contributed by atoms with Gasteiger partial charge in [-0.25, -0.2) is 4.98 Å². The lowest BCUT2D eigenvalue weighted by molar-refractivity contribution is 0.0915. The molecule has 0 aliphatic carbocycles. The minimum Gasteiger partial charge on any atom is -0.396 e. The van der Waals surface area contributed by atoms with Crippen LogP contribution in [-0.2, 0) is 0 Å². The van der Waals surface area contributed by atoms with Crippen molar-refractivity contribution in [1.82, 2.24) is 15.5 Å². The van der Waals surface area contributed by atoms with Crippen molar-refractivity contribution in [1.29, 1.82) is 0 Å². The number of amides is 1. The van der Waals surface area contributed by atoms with Gasteiger partial charge in [-0.3, -0.25) is 4.79 Å². The van der Waals surface area contributed by atoms with Gasteiger partial charge in [-0.1, -0.05) is 55.4 Å². The molecule has 0 radical (unpaired) electrons. The summed E-state index contributed by atoms with van der Waals surface area (Å²) in [5.74, 6) is -0.213. The molecule has 0 saturated carbocycles. The molecule has 0 aliphatic heterocycles. The fourth-order valence-corrected chi connectivity index (χ4v) is 3.68. The number of carbonyl (C=O) groups excluding carboxylic acids is 1. The standard InChI is InChI=1S/C22H21N3O3S/c1-22(2,13-26)12-24-20(27)18-11-23-21(29-18)19-16-9-8-15(10-17(16)28-25-19)14-6-4-3-5-7-14/h3-11,26H,12-13H2,1-2H3,(H,24,27). The molecule has 0 unspecified atom stereocenters. The Balaban J connectivity index is 1.57. The Kier molecular flexibility index (Phi) is 5.17. The summed E-state index contributed by atoms with van der Waals surface area (Å²) in [4.78, 5) is 17.2.